The minimum absolute atomic E-state index is 0.0427. The second kappa shape index (κ2) is 19.6. The van der Waals surface area contributed by atoms with Crippen LogP contribution in [-0.4, -0.2) is 18.2 Å². The van der Waals surface area contributed by atoms with Crippen LogP contribution < -0.4 is 5.32 Å². The summed E-state index contributed by atoms with van der Waals surface area (Å²) in [4.78, 5) is 11.0. The van der Waals surface area contributed by atoms with E-state index in [0.717, 1.165) is 13.0 Å². The van der Waals surface area contributed by atoms with Gasteiger partial charge in [0.25, 0.3) is 0 Å². The maximum atomic E-state index is 11.0. The van der Waals surface area contributed by atoms with E-state index in [1.165, 1.54) is 83.5 Å². The molecule has 0 aliphatic rings. The van der Waals surface area contributed by atoms with Gasteiger partial charge in [0.1, 0.15) is 0 Å². The molecule has 0 rings (SSSR count). The summed E-state index contributed by atoms with van der Waals surface area (Å²) in [6.45, 7) is 3.08. The van der Waals surface area contributed by atoms with E-state index in [1.807, 2.05) is 0 Å². The summed E-state index contributed by atoms with van der Waals surface area (Å²) in [5.74, 6) is 0.341. The number of rotatable bonds is 17. The van der Waals surface area contributed by atoms with Crippen LogP contribution in [0.15, 0.2) is 12.2 Å². The highest BCUT2D eigenvalue weighted by Crippen LogP contribution is 2.09. The lowest BCUT2D eigenvalue weighted by molar-refractivity contribution is -0.118. The number of hydrogen-bond acceptors (Lipinski definition) is 2. The molecule has 2 nitrogen and oxygen atoms in total. The van der Waals surface area contributed by atoms with Crippen LogP contribution in [0.3, 0.4) is 0 Å². The van der Waals surface area contributed by atoms with Crippen molar-refractivity contribution in [1.29, 1.82) is 0 Å². The first-order valence-corrected chi connectivity index (χ1v) is 10.5. The molecular formula is C20H39NOS. The zero-order valence-corrected chi connectivity index (χ0v) is 16.2. The average Bonchev–Trinajstić information content (AvgIpc) is 2.57. The monoisotopic (exact) mass is 341 g/mol. The van der Waals surface area contributed by atoms with Crippen LogP contribution in [-0.2, 0) is 4.79 Å². The summed E-state index contributed by atoms with van der Waals surface area (Å²) in [5.41, 5.74) is 0. The molecule has 0 bridgehead atoms. The van der Waals surface area contributed by atoms with Gasteiger partial charge in [0, 0.05) is 6.54 Å². The number of carbonyl (C=O) groups excluding carboxylic acids is 1. The van der Waals surface area contributed by atoms with Gasteiger partial charge in [0.2, 0.25) is 5.91 Å². The molecule has 0 unspecified atom stereocenters. The Balaban J connectivity index is 3.09. The molecular weight excluding hydrogens is 302 g/mol. The molecule has 0 aromatic heterocycles. The third-order valence-corrected chi connectivity index (χ3v) is 4.44. The number of carbonyl (C=O) groups is 1. The van der Waals surface area contributed by atoms with E-state index in [9.17, 15) is 4.79 Å². The highest BCUT2D eigenvalue weighted by Gasteiger charge is 1.95. The zero-order valence-electron chi connectivity index (χ0n) is 15.3. The third-order valence-electron chi connectivity index (χ3n) is 4.15. The number of hydrogen-bond donors (Lipinski definition) is 2. The quantitative estimate of drug-likeness (QED) is 0.188. The third kappa shape index (κ3) is 19.5. The fourth-order valence-electron chi connectivity index (χ4n) is 2.66. The van der Waals surface area contributed by atoms with Crippen LogP contribution in [0.25, 0.3) is 0 Å². The van der Waals surface area contributed by atoms with Gasteiger partial charge in [-0.25, -0.2) is 0 Å². The summed E-state index contributed by atoms with van der Waals surface area (Å²) in [6, 6.07) is 0. The van der Waals surface area contributed by atoms with Gasteiger partial charge in [-0.15, -0.1) is 0 Å². The number of allylic oxidation sites excluding steroid dienone is 2. The maximum absolute atomic E-state index is 11.0. The van der Waals surface area contributed by atoms with Crippen LogP contribution in [0.2, 0.25) is 0 Å². The van der Waals surface area contributed by atoms with E-state index in [4.69, 9.17) is 0 Å². The van der Waals surface area contributed by atoms with Gasteiger partial charge in [0.15, 0.2) is 0 Å². The molecule has 0 aromatic carbocycles. The molecule has 0 atom stereocenters. The first-order valence-electron chi connectivity index (χ1n) is 9.83. The molecule has 0 fully saturated rings. The van der Waals surface area contributed by atoms with E-state index in [-0.39, 0.29) is 5.91 Å². The largest absolute Gasteiger partial charge is 0.355 e. The van der Waals surface area contributed by atoms with Gasteiger partial charge >= 0.3 is 0 Å². The fourth-order valence-corrected chi connectivity index (χ4v) is 2.77. The predicted octanol–water partition coefficient (Wildman–Crippen LogP) is 6.07. The van der Waals surface area contributed by atoms with Gasteiger partial charge in [-0.1, -0.05) is 76.9 Å². The van der Waals surface area contributed by atoms with Crippen molar-refractivity contribution in [3.63, 3.8) is 0 Å². The van der Waals surface area contributed by atoms with Crippen LogP contribution in [0.5, 0.6) is 0 Å². The van der Waals surface area contributed by atoms with E-state index in [1.54, 1.807) is 0 Å². The van der Waals surface area contributed by atoms with Gasteiger partial charge in [0.05, 0.1) is 5.75 Å². The average molecular weight is 342 g/mol. The van der Waals surface area contributed by atoms with Crippen molar-refractivity contribution in [1.82, 2.24) is 5.32 Å². The van der Waals surface area contributed by atoms with Crippen molar-refractivity contribution in [3.8, 4) is 0 Å². The molecule has 0 saturated heterocycles. The van der Waals surface area contributed by atoms with Gasteiger partial charge in [-0.3, -0.25) is 4.79 Å². The van der Waals surface area contributed by atoms with E-state index in [0.29, 0.717) is 5.75 Å². The zero-order chi connectivity index (χ0) is 17.0. The normalized spacial score (nSPS) is 11.2. The first kappa shape index (κ1) is 22.6. The van der Waals surface area contributed by atoms with E-state index < -0.39 is 0 Å². The van der Waals surface area contributed by atoms with Gasteiger partial charge in [-0.05, 0) is 32.1 Å². The molecule has 136 valence electrons. The second-order valence-electron chi connectivity index (χ2n) is 6.45. The molecule has 0 radical (unpaired) electrons. The lowest BCUT2D eigenvalue weighted by Gasteiger charge is -2.03. The standard InChI is InChI=1S/C20H39NOS/c1-2-3-4-5-6-7-8-9-10-11-12-13-14-15-16-17-18-21-20(22)19-23/h9-10,23H,2-8,11-19H2,1H3,(H,21,22)/b10-9-. The van der Waals surface area contributed by atoms with E-state index >= 15 is 0 Å². The van der Waals surface area contributed by atoms with Crippen LogP contribution in [0.1, 0.15) is 96.8 Å². The molecule has 0 aliphatic carbocycles. The van der Waals surface area contributed by atoms with Crippen LogP contribution >= 0.6 is 12.6 Å². The Morgan fingerprint density at radius 3 is 1.78 bits per heavy atom. The Morgan fingerprint density at radius 2 is 1.26 bits per heavy atom. The summed E-state index contributed by atoms with van der Waals surface area (Å²) >= 11 is 3.93. The van der Waals surface area contributed by atoms with Crippen molar-refractivity contribution >= 4 is 18.5 Å². The highest BCUT2D eigenvalue weighted by atomic mass is 32.1. The minimum Gasteiger partial charge on any atom is -0.355 e. The minimum atomic E-state index is 0.0427. The number of nitrogens with one attached hydrogen (secondary N) is 1. The Morgan fingerprint density at radius 1 is 0.783 bits per heavy atom. The molecule has 1 N–H and O–H groups in total. The van der Waals surface area contributed by atoms with Gasteiger partial charge < -0.3 is 5.32 Å². The Labute approximate surface area is 150 Å². The Hall–Kier alpha value is -0.440. The summed E-state index contributed by atoms with van der Waals surface area (Å²) in [7, 11) is 0. The SMILES string of the molecule is CCCCCCCC/C=C\CCCCCCCCNC(=O)CS. The number of thiol groups is 1. The van der Waals surface area contributed by atoms with Crippen LogP contribution in [0, 0.1) is 0 Å². The molecule has 0 aromatic rings. The number of unbranched alkanes of at least 4 members (excludes halogenated alkanes) is 12. The molecule has 23 heavy (non-hydrogen) atoms. The van der Waals surface area contributed by atoms with Gasteiger partial charge in [-0.2, -0.15) is 12.6 Å². The van der Waals surface area contributed by atoms with Crippen molar-refractivity contribution in [2.24, 2.45) is 0 Å². The smallest absolute Gasteiger partial charge is 0.229 e. The number of amides is 1. The van der Waals surface area contributed by atoms with Crippen molar-refractivity contribution in [2.75, 3.05) is 12.3 Å². The summed E-state index contributed by atoms with van der Waals surface area (Å²) in [6.07, 6.45) is 23.2. The van der Waals surface area contributed by atoms with Crippen molar-refractivity contribution in [3.05, 3.63) is 12.2 Å². The topological polar surface area (TPSA) is 29.1 Å². The molecule has 0 spiro atoms. The second-order valence-corrected chi connectivity index (χ2v) is 6.76. The van der Waals surface area contributed by atoms with Crippen molar-refractivity contribution in [2.45, 2.75) is 96.8 Å². The predicted molar refractivity (Wildman–Crippen MR) is 106 cm³/mol. The first-order chi connectivity index (χ1) is 11.3. The highest BCUT2D eigenvalue weighted by molar-refractivity contribution is 7.81. The Bertz CT molecular complexity index is 279. The molecule has 0 heterocycles. The molecule has 3 heteroatoms. The van der Waals surface area contributed by atoms with E-state index in [2.05, 4.69) is 37.0 Å². The fraction of sp³-hybridized carbons (Fsp3) is 0.850. The van der Waals surface area contributed by atoms with Crippen molar-refractivity contribution < 1.29 is 4.79 Å². The lowest BCUT2D eigenvalue weighted by atomic mass is 10.1. The van der Waals surface area contributed by atoms with Crippen LogP contribution in [0.4, 0.5) is 0 Å². The molecule has 1 amide bonds. The molecule has 0 aliphatic heterocycles. The Kier molecular flexibility index (Phi) is 19.2. The molecule has 0 saturated carbocycles. The lowest BCUT2D eigenvalue weighted by Crippen LogP contribution is -2.25. The summed E-state index contributed by atoms with van der Waals surface area (Å²) in [5, 5.41) is 2.86. The summed E-state index contributed by atoms with van der Waals surface area (Å²) < 4.78 is 0. The maximum Gasteiger partial charge on any atom is 0.229 e.